The maximum absolute atomic E-state index is 13.9. The molecule has 2 N–H and O–H groups in total. The number of aromatic carboxylic acids is 1. The van der Waals surface area contributed by atoms with E-state index in [4.69, 9.17) is 9.84 Å². The molecular formula is C20H20FNO4. The van der Waals surface area contributed by atoms with Gasteiger partial charge in [-0.15, -0.1) is 0 Å². The number of rotatable bonds is 5. The highest BCUT2D eigenvalue weighted by Crippen LogP contribution is 2.33. The molecule has 1 amide bonds. The number of fused-ring (bicyclic) bond motifs is 1. The number of ether oxygens (including phenoxy) is 1. The number of amides is 1. The average Bonchev–Trinajstić information content (AvgIpc) is 2.84. The highest BCUT2D eigenvalue weighted by molar-refractivity contribution is 5.87. The van der Waals surface area contributed by atoms with E-state index in [0.717, 1.165) is 12.0 Å². The SMILES string of the molecule is O=C(CCc1ccc(C(=O)O)cc1)NC1CCCOc2c(F)cccc21. The van der Waals surface area contributed by atoms with E-state index in [-0.39, 0.29) is 29.7 Å². The maximum Gasteiger partial charge on any atom is 0.335 e. The van der Waals surface area contributed by atoms with Gasteiger partial charge in [-0.05, 0) is 43.0 Å². The molecule has 136 valence electrons. The molecule has 0 saturated carbocycles. The van der Waals surface area contributed by atoms with Gasteiger partial charge in [0.1, 0.15) is 0 Å². The lowest BCUT2D eigenvalue weighted by molar-refractivity contribution is -0.121. The van der Waals surface area contributed by atoms with Crippen LogP contribution in [-0.4, -0.2) is 23.6 Å². The predicted octanol–water partition coefficient (Wildman–Crippen LogP) is 3.49. The first kappa shape index (κ1) is 17.9. The number of aryl methyl sites for hydroxylation is 1. The number of carbonyl (C=O) groups excluding carboxylic acids is 1. The number of benzene rings is 2. The Kier molecular flexibility index (Phi) is 5.51. The van der Waals surface area contributed by atoms with Crippen LogP contribution in [0.15, 0.2) is 42.5 Å². The Bertz CT molecular complexity index is 804. The van der Waals surface area contributed by atoms with E-state index in [2.05, 4.69) is 5.32 Å². The smallest absolute Gasteiger partial charge is 0.335 e. The number of para-hydroxylation sites is 1. The van der Waals surface area contributed by atoms with E-state index in [1.807, 2.05) is 0 Å². The first-order chi connectivity index (χ1) is 12.5. The molecular weight excluding hydrogens is 337 g/mol. The summed E-state index contributed by atoms with van der Waals surface area (Å²) < 4.78 is 19.4. The first-order valence-corrected chi connectivity index (χ1v) is 8.57. The van der Waals surface area contributed by atoms with Crippen molar-refractivity contribution >= 4 is 11.9 Å². The summed E-state index contributed by atoms with van der Waals surface area (Å²) in [6.07, 6.45) is 2.20. The Morgan fingerprint density at radius 3 is 2.69 bits per heavy atom. The molecule has 6 heteroatoms. The lowest BCUT2D eigenvalue weighted by Crippen LogP contribution is -2.28. The molecule has 0 radical (unpaired) electrons. The van der Waals surface area contributed by atoms with Crippen LogP contribution in [0.25, 0.3) is 0 Å². The molecule has 0 saturated heterocycles. The van der Waals surface area contributed by atoms with E-state index >= 15 is 0 Å². The largest absolute Gasteiger partial charge is 0.490 e. The molecule has 1 atom stereocenters. The molecule has 0 fully saturated rings. The van der Waals surface area contributed by atoms with Gasteiger partial charge in [-0.25, -0.2) is 9.18 Å². The maximum atomic E-state index is 13.9. The molecule has 3 rings (SSSR count). The normalized spacial score (nSPS) is 16.1. The van der Waals surface area contributed by atoms with Crippen molar-refractivity contribution in [3.05, 3.63) is 65.0 Å². The van der Waals surface area contributed by atoms with Gasteiger partial charge >= 0.3 is 5.97 Å². The van der Waals surface area contributed by atoms with Crippen molar-refractivity contribution in [2.45, 2.75) is 31.7 Å². The van der Waals surface area contributed by atoms with Crippen molar-refractivity contribution in [2.24, 2.45) is 0 Å². The van der Waals surface area contributed by atoms with Gasteiger partial charge in [0.15, 0.2) is 11.6 Å². The summed E-state index contributed by atoms with van der Waals surface area (Å²) in [7, 11) is 0. The minimum absolute atomic E-state index is 0.130. The van der Waals surface area contributed by atoms with Crippen molar-refractivity contribution in [3.63, 3.8) is 0 Å². The second-order valence-corrected chi connectivity index (χ2v) is 6.27. The van der Waals surface area contributed by atoms with Crippen LogP contribution >= 0.6 is 0 Å². The number of carbonyl (C=O) groups is 2. The van der Waals surface area contributed by atoms with Gasteiger partial charge in [-0.1, -0.05) is 24.3 Å². The lowest BCUT2D eigenvalue weighted by Gasteiger charge is -2.18. The van der Waals surface area contributed by atoms with Gasteiger partial charge < -0.3 is 15.2 Å². The van der Waals surface area contributed by atoms with Gasteiger partial charge in [0, 0.05) is 12.0 Å². The average molecular weight is 357 g/mol. The van der Waals surface area contributed by atoms with Crippen molar-refractivity contribution in [1.82, 2.24) is 5.32 Å². The molecule has 1 unspecified atom stereocenters. The van der Waals surface area contributed by atoms with Gasteiger partial charge in [0.2, 0.25) is 5.91 Å². The Morgan fingerprint density at radius 2 is 1.96 bits per heavy atom. The van der Waals surface area contributed by atoms with Gasteiger partial charge in [0.25, 0.3) is 0 Å². The van der Waals surface area contributed by atoms with Crippen molar-refractivity contribution < 1.29 is 23.8 Å². The van der Waals surface area contributed by atoms with Gasteiger partial charge in [0.05, 0.1) is 18.2 Å². The quantitative estimate of drug-likeness (QED) is 0.859. The number of carboxylic acid groups (broad SMARTS) is 1. The first-order valence-electron chi connectivity index (χ1n) is 8.57. The van der Waals surface area contributed by atoms with Crippen LogP contribution in [0.5, 0.6) is 5.75 Å². The molecule has 0 spiro atoms. The van der Waals surface area contributed by atoms with Crippen LogP contribution in [0.1, 0.15) is 46.8 Å². The molecule has 1 heterocycles. The Hall–Kier alpha value is -2.89. The molecule has 1 aliphatic heterocycles. The van der Waals surface area contributed by atoms with Crippen LogP contribution in [0.4, 0.5) is 4.39 Å². The predicted molar refractivity (Wildman–Crippen MR) is 93.7 cm³/mol. The summed E-state index contributed by atoms with van der Waals surface area (Å²) in [6, 6.07) is 10.9. The Morgan fingerprint density at radius 1 is 1.19 bits per heavy atom. The standard InChI is InChI=1S/C20H20FNO4/c21-16-4-1-3-15-17(5-2-12-26-19(15)16)22-18(23)11-8-13-6-9-14(10-7-13)20(24)25/h1,3-4,6-7,9-10,17H,2,5,8,11-12H2,(H,22,23)(H,24,25). The summed E-state index contributed by atoms with van der Waals surface area (Å²) >= 11 is 0. The molecule has 5 nitrogen and oxygen atoms in total. The molecule has 2 aromatic rings. The van der Waals surface area contributed by atoms with E-state index < -0.39 is 11.8 Å². The van der Waals surface area contributed by atoms with Crippen LogP contribution in [0.2, 0.25) is 0 Å². The summed E-state index contributed by atoms with van der Waals surface area (Å²) in [5.41, 5.74) is 1.78. The molecule has 26 heavy (non-hydrogen) atoms. The second-order valence-electron chi connectivity index (χ2n) is 6.27. The summed E-state index contributed by atoms with van der Waals surface area (Å²) in [4.78, 5) is 23.2. The zero-order valence-corrected chi connectivity index (χ0v) is 14.2. The Labute approximate surface area is 150 Å². The van der Waals surface area contributed by atoms with E-state index in [1.165, 1.54) is 18.2 Å². The Balaban J connectivity index is 1.61. The molecule has 0 aliphatic carbocycles. The monoisotopic (exact) mass is 357 g/mol. The van der Waals surface area contributed by atoms with Crippen LogP contribution in [0, 0.1) is 5.82 Å². The summed E-state index contributed by atoms with van der Waals surface area (Å²) in [6.45, 7) is 0.427. The number of nitrogens with one attached hydrogen (secondary N) is 1. The lowest BCUT2D eigenvalue weighted by atomic mass is 10.0. The van der Waals surface area contributed by atoms with Crippen LogP contribution in [0.3, 0.4) is 0 Å². The molecule has 0 bridgehead atoms. The van der Waals surface area contributed by atoms with E-state index in [1.54, 1.807) is 24.3 Å². The molecule has 0 aromatic heterocycles. The molecule has 2 aromatic carbocycles. The van der Waals surface area contributed by atoms with Crippen molar-refractivity contribution in [1.29, 1.82) is 0 Å². The van der Waals surface area contributed by atoms with Crippen molar-refractivity contribution in [2.75, 3.05) is 6.61 Å². The third kappa shape index (κ3) is 4.20. The fourth-order valence-electron chi connectivity index (χ4n) is 3.06. The fraction of sp³-hybridized carbons (Fsp3) is 0.300. The highest BCUT2D eigenvalue weighted by Gasteiger charge is 2.23. The number of carboxylic acids is 1. The third-order valence-corrected chi connectivity index (χ3v) is 4.43. The number of halogens is 1. The zero-order chi connectivity index (χ0) is 18.5. The van der Waals surface area contributed by atoms with Crippen LogP contribution in [-0.2, 0) is 11.2 Å². The van der Waals surface area contributed by atoms with E-state index in [0.29, 0.717) is 25.0 Å². The topological polar surface area (TPSA) is 75.6 Å². The van der Waals surface area contributed by atoms with Gasteiger partial charge in [-0.2, -0.15) is 0 Å². The minimum Gasteiger partial charge on any atom is -0.490 e. The minimum atomic E-state index is -0.976. The van der Waals surface area contributed by atoms with Gasteiger partial charge in [-0.3, -0.25) is 4.79 Å². The second kappa shape index (κ2) is 7.99. The highest BCUT2D eigenvalue weighted by atomic mass is 19.1. The van der Waals surface area contributed by atoms with E-state index in [9.17, 15) is 14.0 Å². The summed E-state index contributed by atoms with van der Waals surface area (Å²) in [5, 5.41) is 11.9. The van der Waals surface area contributed by atoms with Crippen molar-refractivity contribution in [3.8, 4) is 5.75 Å². The number of hydrogen-bond acceptors (Lipinski definition) is 3. The molecule has 1 aliphatic rings. The summed E-state index contributed by atoms with van der Waals surface area (Å²) in [5.74, 6) is -1.30. The number of hydrogen-bond donors (Lipinski definition) is 2. The third-order valence-electron chi connectivity index (χ3n) is 4.43. The zero-order valence-electron chi connectivity index (χ0n) is 14.2. The van der Waals surface area contributed by atoms with Crippen LogP contribution < -0.4 is 10.1 Å². The fourth-order valence-corrected chi connectivity index (χ4v) is 3.06.